The molecule has 0 bridgehead atoms. The van der Waals surface area contributed by atoms with Crippen LogP contribution in [0.1, 0.15) is 22.8 Å². The van der Waals surface area contributed by atoms with Gasteiger partial charge in [-0.1, -0.05) is 0 Å². The molecule has 0 fully saturated rings. The molecule has 5 nitrogen and oxygen atoms in total. The summed E-state index contributed by atoms with van der Waals surface area (Å²) >= 11 is 0. The number of phenols is 1. The first-order valence-corrected chi connectivity index (χ1v) is 4.51. The second-order valence-corrected chi connectivity index (χ2v) is 3.18. The maximum absolute atomic E-state index is 12.3. The Balaban J connectivity index is 2.92. The van der Waals surface area contributed by atoms with Crippen molar-refractivity contribution in [3.63, 3.8) is 0 Å². The molecular formula is C10H7F3O5. The Morgan fingerprint density at radius 3 is 2.28 bits per heavy atom. The van der Waals surface area contributed by atoms with E-state index in [4.69, 9.17) is 0 Å². The molecule has 0 heterocycles. The topological polar surface area (TPSA) is 72.8 Å². The highest BCUT2D eigenvalue weighted by atomic mass is 19.4. The van der Waals surface area contributed by atoms with Crippen LogP contribution in [0.25, 0.3) is 0 Å². The van der Waals surface area contributed by atoms with E-state index in [9.17, 15) is 27.9 Å². The zero-order valence-corrected chi connectivity index (χ0v) is 8.95. The summed E-state index contributed by atoms with van der Waals surface area (Å²) in [7, 11) is 0. The van der Waals surface area contributed by atoms with Gasteiger partial charge in [0.2, 0.25) is 0 Å². The average Bonchev–Trinajstić information content (AvgIpc) is 2.24. The molecule has 1 rings (SSSR count). The summed E-state index contributed by atoms with van der Waals surface area (Å²) in [5.41, 5.74) is -1.67. The summed E-state index contributed by atoms with van der Waals surface area (Å²) in [4.78, 5) is 29.4. The van der Waals surface area contributed by atoms with Crippen LogP contribution in [0.15, 0.2) is 18.2 Å². The highest BCUT2D eigenvalue weighted by Crippen LogP contribution is 2.32. The average molecular weight is 264 g/mol. The summed E-state index contributed by atoms with van der Waals surface area (Å²) in [6.45, 7) is 0.958. The number of halogens is 3. The van der Waals surface area contributed by atoms with Crippen LogP contribution in [0.4, 0.5) is 13.2 Å². The molecule has 1 aromatic rings. The number of carbonyl (C=O) groups excluding carboxylic acids is 2. The Bertz CT molecular complexity index is 481. The lowest BCUT2D eigenvalue weighted by atomic mass is 10.1. The van der Waals surface area contributed by atoms with Crippen LogP contribution in [-0.4, -0.2) is 17.0 Å². The first-order valence-electron chi connectivity index (χ1n) is 4.51. The van der Waals surface area contributed by atoms with E-state index in [0.29, 0.717) is 18.2 Å². The van der Waals surface area contributed by atoms with Gasteiger partial charge in [-0.25, -0.2) is 19.4 Å². The summed E-state index contributed by atoms with van der Waals surface area (Å²) in [5.74, 6) is -3.13. The van der Waals surface area contributed by atoms with Crippen molar-refractivity contribution in [1.29, 1.82) is 0 Å². The minimum Gasteiger partial charge on any atom is -0.507 e. The molecule has 0 spiro atoms. The van der Waals surface area contributed by atoms with Gasteiger partial charge in [-0.3, -0.25) is 0 Å². The quantitative estimate of drug-likeness (QED) is 0.620. The Morgan fingerprint density at radius 2 is 1.83 bits per heavy atom. The molecule has 98 valence electrons. The zero-order valence-electron chi connectivity index (χ0n) is 8.95. The largest absolute Gasteiger partial charge is 0.507 e. The van der Waals surface area contributed by atoms with Gasteiger partial charge < -0.3 is 5.11 Å². The Hall–Kier alpha value is -2.25. The standard InChI is InChI=1S/C10H7F3O5/c1-5(14)17-18-9(16)7-3-2-6(4-8(7)15)10(11,12)13/h2-4,15H,1H3. The van der Waals surface area contributed by atoms with E-state index in [1.54, 1.807) is 0 Å². The molecule has 0 aromatic heterocycles. The van der Waals surface area contributed by atoms with E-state index >= 15 is 0 Å². The molecule has 18 heavy (non-hydrogen) atoms. The molecule has 0 saturated heterocycles. The van der Waals surface area contributed by atoms with Gasteiger partial charge in [0.15, 0.2) is 0 Å². The predicted octanol–water partition coefficient (Wildman–Crippen LogP) is 2.05. The summed E-state index contributed by atoms with van der Waals surface area (Å²) < 4.78 is 36.8. The van der Waals surface area contributed by atoms with Crippen LogP contribution in [0.5, 0.6) is 5.75 Å². The van der Waals surface area contributed by atoms with E-state index < -0.39 is 35.0 Å². The molecule has 0 aliphatic heterocycles. The summed E-state index contributed by atoms with van der Waals surface area (Å²) in [6.07, 6.45) is -4.64. The van der Waals surface area contributed by atoms with Gasteiger partial charge >= 0.3 is 18.1 Å². The number of hydrogen-bond acceptors (Lipinski definition) is 5. The van der Waals surface area contributed by atoms with Crippen molar-refractivity contribution in [2.24, 2.45) is 0 Å². The first-order chi connectivity index (χ1) is 8.21. The first kappa shape index (κ1) is 13.8. The highest BCUT2D eigenvalue weighted by Gasteiger charge is 2.31. The van der Waals surface area contributed by atoms with Crippen molar-refractivity contribution in [3.05, 3.63) is 29.3 Å². The molecular weight excluding hydrogens is 257 g/mol. The molecule has 1 N–H and O–H groups in total. The molecule has 0 radical (unpaired) electrons. The minimum atomic E-state index is -4.64. The van der Waals surface area contributed by atoms with Gasteiger partial charge in [0, 0.05) is 6.92 Å². The van der Waals surface area contributed by atoms with Gasteiger partial charge in [-0.05, 0) is 18.2 Å². The third-order valence-electron chi connectivity index (χ3n) is 1.78. The number of aromatic hydroxyl groups is 1. The Labute approximate surface area is 98.7 Å². The van der Waals surface area contributed by atoms with Gasteiger partial charge in [-0.15, -0.1) is 0 Å². The fourth-order valence-electron chi connectivity index (χ4n) is 1.02. The van der Waals surface area contributed by atoms with Crippen molar-refractivity contribution in [2.45, 2.75) is 13.1 Å². The van der Waals surface area contributed by atoms with E-state index in [2.05, 4.69) is 9.78 Å². The summed E-state index contributed by atoms with van der Waals surface area (Å²) in [5, 5.41) is 9.25. The van der Waals surface area contributed by atoms with Crippen LogP contribution in [0.2, 0.25) is 0 Å². The van der Waals surface area contributed by atoms with Crippen LogP contribution in [0, 0.1) is 0 Å². The minimum absolute atomic E-state index is 0.365. The zero-order chi connectivity index (χ0) is 13.9. The van der Waals surface area contributed by atoms with Crippen molar-refractivity contribution in [2.75, 3.05) is 0 Å². The fraction of sp³-hybridized carbons (Fsp3) is 0.200. The van der Waals surface area contributed by atoms with Crippen LogP contribution < -0.4 is 0 Å². The van der Waals surface area contributed by atoms with E-state index in [0.717, 1.165) is 6.92 Å². The monoisotopic (exact) mass is 264 g/mol. The SMILES string of the molecule is CC(=O)OOC(=O)c1ccc(C(F)(F)F)cc1O. The van der Waals surface area contributed by atoms with Crippen LogP contribution in [-0.2, 0) is 20.7 Å². The second kappa shape index (κ2) is 4.94. The maximum atomic E-state index is 12.3. The van der Waals surface area contributed by atoms with Gasteiger partial charge in [-0.2, -0.15) is 13.2 Å². The lowest BCUT2D eigenvalue weighted by Crippen LogP contribution is -2.10. The van der Waals surface area contributed by atoms with E-state index in [-0.39, 0.29) is 0 Å². The van der Waals surface area contributed by atoms with E-state index in [1.807, 2.05) is 0 Å². The van der Waals surface area contributed by atoms with Crippen molar-refractivity contribution >= 4 is 11.9 Å². The van der Waals surface area contributed by atoms with Gasteiger partial charge in [0.25, 0.3) is 0 Å². The number of benzene rings is 1. The third-order valence-corrected chi connectivity index (χ3v) is 1.78. The predicted molar refractivity (Wildman–Crippen MR) is 50.3 cm³/mol. The van der Waals surface area contributed by atoms with Crippen LogP contribution in [0.3, 0.4) is 0 Å². The number of carbonyl (C=O) groups is 2. The third kappa shape index (κ3) is 3.37. The second-order valence-electron chi connectivity index (χ2n) is 3.18. The van der Waals surface area contributed by atoms with Crippen LogP contribution >= 0.6 is 0 Å². The molecule has 1 aromatic carbocycles. The molecule has 0 amide bonds. The van der Waals surface area contributed by atoms with Crippen molar-refractivity contribution in [3.8, 4) is 5.75 Å². The Morgan fingerprint density at radius 1 is 1.22 bits per heavy atom. The molecule has 0 unspecified atom stereocenters. The number of rotatable bonds is 1. The lowest BCUT2D eigenvalue weighted by Gasteiger charge is -2.08. The van der Waals surface area contributed by atoms with Crippen molar-refractivity contribution in [1.82, 2.24) is 0 Å². The Kier molecular flexibility index (Phi) is 3.79. The number of alkyl halides is 3. The molecule has 0 aliphatic rings. The van der Waals surface area contributed by atoms with E-state index in [1.165, 1.54) is 0 Å². The normalized spacial score (nSPS) is 10.9. The molecule has 0 atom stereocenters. The van der Waals surface area contributed by atoms with Gasteiger partial charge in [0.1, 0.15) is 11.3 Å². The highest BCUT2D eigenvalue weighted by molar-refractivity contribution is 5.92. The number of hydrogen-bond donors (Lipinski definition) is 1. The molecule has 0 aliphatic carbocycles. The maximum Gasteiger partial charge on any atom is 0.416 e. The molecule has 8 heteroatoms. The fourth-order valence-corrected chi connectivity index (χ4v) is 1.02. The van der Waals surface area contributed by atoms with Crippen molar-refractivity contribution < 1.29 is 37.6 Å². The van der Waals surface area contributed by atoms with Gasteiger partial charge in [0.05, 0.1) is 5.56 Å². The summed E-state index contributed by atoms with van der Waals surface area (Å²) in [6, 6.07) is 1.67. The molecule has 0 saturated carbocycles. The lowest BCUT2D eigenvalue weighted by molar-refractivity contribution is -0.231. The number of phenolic OH excluding ortho intramolecular Hbond substituents is 1. The smallest absolute Gasteiger partial charge is 0.416 e.